The third-order valence-electron chi connectivity index (χ3n) is 4.88. The van der Waals surface area contributed by atoms with Gasteiger partial charge in [-0.3, -0.25) is 0 Å². The van der Waals surface area contributed by atoms with E-state index in [2.05, 4.69) is 10.2 Å². The topological polar surface area (TPSA) is 35.5 Å². The first kappa shape index (κ1) is 11.0. The molecule has 0 aromatic rings. The van der Waals surface area contributed by atoms with Crippen LogP contribution in [0.5, 0.6) is 0 Å². The van der Waals surface area contributed by atoms with Gasteiger partial charge in [0.15, 0.2) is 0 Å². The maximum atomic E-state index is 9.29. The molecule has 2 saturated heterocycles. The molecule has 1 aliphatic carbocycles. The van der Waals surface area contributed by atoms with Crippen molar-refractivity contribution in [1.82, 2.24) is 10.2 Å². The van der Waals surface area contributed by atoms with E-state index in [-0.39, 0.29) is 5.41 Å². The van der Waals surface area contributed by atoms with Crippen LogP contribution in [0.15, 0.2) is 0 Å². The number of hydrogen-bond donors (Lipinski definition) is 2. The molecule has 3 heteroatoms. The second-order valence-corrected chi connectivity index (χ2v) is 6.09. The van der Waals surface area contributed by atoms with Gasteiger partial charge in [-0.1, -0.05) is 0 Å². The van der Waals surface area contributed by atoms with Gasteiger partial charge in [-0.15, -0.1) is 0 Å². The zero-order valence-electron chi connectivity index (χ0n) is 10.1. The van der Waals surface area contributed by atoms with Crippen molar-refractivity contribution >= 4 is 0 Å². The van der Waals surface area contributed by atoms with Crippen molar-refractivity contribution < 1.29 is 5.11 Å². The highest BCUT2D eigenvalue weighted by Gasteiger charge is 2.42. The summed E-state index contributed by atoms with van der Waals surface area (Å²) in [7, 11) is 0. The standard InChI is InChI=1S/C13H24N2O/c16-10-13(4-5-13)9-14-11-3-7-15-6-1-2-12(15)8-11/h11-12,14,16H,1-10H2. The van der Waals surface area contributed by atoms with Gasteiger partial charge in [0, 0.05) is 30.7 Å². The summed E-state index contributed by atoms with van der Waals surface area (Å²) < 4.78 is 0. The van der Waals surface area contributed by atoms with E-state index in [4.69, 9.17) is 0 Å². The Morgan fingerprint density at radius 1 is 1.25 bits per heavy atom. The molecule has 0 aromatic carbocycles. The Morgan fingerprint density at radius 2 is 2.12 bits per heavy atom. The highest BCUT2D eigenvalue weighted by Crippen LogP contribution is 2.44. The molecule has 16 heavy (non-hydrogen) atoms. The van der Waals surface area contributed by atoms with Crippen molar-refractivity contribution in [3.8, 4) is 0 Å². The molecule has 3 aliphatic rings. The third kappa shape index (κ3) is 2.13. The molecule has 0 aromatic heterocycles. The van der Waals surface area contributed by atoms with Gasteiger partial charge in [-0.05, 0) is 51.6 Å². The Labute approximate surface area is 98.2 Å². The first-order valence-electron chi connectivity index (χ1n) is 6.90. The molecule has 2 unspecified atom stereocenters. The van der Waals surface area contributed by atoms with Gasteiger partial charge >= 0.3 is 0 Å². The molecule has 0 bridgehead atoms. The zero-order chi connectivity index (χ0) is 11.0. The molecule has 0 amide bonds. The van der Waals surface area contributed by atoms with E-state index in [0.29, 0.717) is 12.6 Å². The monoisotopic (exact) mass is 224 g/mol. The largest absolute Gasteiger partial charge is 0.396 e. The van der Waals surface area contributed by atoms with Gasteiger partial charge in [-0.2, -0.15) is 0 Å². The predicted octanol–water partition coefficient (Wildman–Crippen LogP) is 0.975. The van der Waals surface area contributed by atoms with E-state index in [1.54, 1.807) is 0 Å². The van der Waals surface area contributed by atoms with Crippen LogP contribution in [0, 0.1) is 5.41 Å². The molecular formula is C13H24N2O. The maximum absolute atomic E-state index is 9.29. The van der Waals surface area contributed by atoms with Gasteiger partial charge in [0.2, 0.25) is 0 Å². The zero-order valence-corrected chi connectivity index (χ0v) is 10.1. The lowest BCUT2D eigenvalue weighted by Crippen LogP contribution is -2.47. The molecule has 3 rings (SSSR count). The highest BCUT2D eigenvalue weighted by atomic mass is 16.3. The minimum atomic E-state index is 0.271. The van der Waals surface area contributed by atoms with E-state index in [9.17, 15) is 5.11 Å². The summed E-state index contributed by atoms with van der Waals surface area (Å²) in [5.74, 6) is 0. The lowest BCUT2D eigenvalue weighted by atomic mass is 9.96. The summed E-state index contributed by atoms with van der Waals surface area (Å²) in [6.07, 6.45) is 7.89. The minimum Gasteiger partial charge on any atom is -0.396 e. The number of fused-ring (bicyclic) bond motifs is 1. The van der Waals surface area contributed by atoms with E-state index >= 15 is 0 Å². The fourth-order valence-corrected chi connectivity index (χ4v) is 3.34. The van der Waals surface area contributed by atoms with Crippen LogP contribution in [-0.4, -0.2) is 48.3 Å². The number of aliphatic hydroxyl groups is 1. The highest BCUT2D eigenvalue weighted by molar-refractivity contribution is 4.96. The summed E-state index contributed by atoms with van der Waals surface area (Å²) >= 11 is 0. The van der Waals surface area contributed by atoms with Gasteiger partial charge in [0.25, 0.3) is 0 Å². The van der Waals surface area contributed by atoms with Crippen LogP contribution in [0.4, 0.5) is 0 Å². The molecule has 0 radical (unpaired) electrons. The van der Waals surface area contributed by atoms with Crippen LogP contribution in [0.1, 0.15) is 38.5 Å². The minimum absolute atomic E-state index is 0.271. The number of rotatable bonds is 4. The number of piperidine rings is 1. The average Bonchev–Trinajstić information content (AvgIpc) is 2.96. The number of nitrogens with one attached hydrogen (secondary N) is 1. The Bertz CT molecular complexity index is 252. The second-order valence-electron chi connectivity index (χ2n) is 6.09. The first-order valence-corrected chi connectivity index (χ1v) is 6.90. The van der Waals surface area contributed by atoms with Gasteiger partial charge in [-0.25, -0.2) is 0 Å². The number of aliphatic hydroxyl groups excluding tert-OH is 1. The molecular weight excluding hydrogens is 200 g/mol. The van der Waals surface area contributed by atoms with Gasteiger partial charge < -0.3 is 15.3 Å². The molecule has 1 saturated carbocycles. The van der Waals surface area contributed by atoms with Crippen molar-refractivity contribution in [2.45, 2.75) is 50.6 Å². The summed E-state index contributed by atoms with van der Waals surface area (Å²) in [5, 5.41) is 13.0. The number of hydrogen-bond acceptors (Lipinski definition) is 3. The van der Waals surface area contributed by atoms with Crippen molar-refractivity contribution in [2.75, 3.05) is 26.2 Å². The summed E-state index contributed by atoms with van der Waals surface area (Å²) in [4.78, 5) is 2.66. The lowest BCUT2D eigenvalue weighted by Gasteiger charge is -2.35. The van der Waals surface area contributed by atoms with Crippen LogP contribution in [-0.2, 0) is 0 Å². The van der Waals surface area contributed by atoms with E-state index in [1.807, 2.05) is 0 Å². The predicted molar refractivity (Wildman–Crippen MR) is 64.4 cm³/mol. The molecule has 2 heterocycles. The fourth-order valence-electron chi connectivity index (χ4n) is 3.34. The fraction of sp³-hybridized carbons (Fsp3) is 1.00. The average molecular weight is 224 g/mol. The third-order valence-corrected chi connectivity index (χ3v) is 4.88. The Kier molecular flexibility index (Phi) is 2.94. The Balaban J connectivity index is 1.46. The molecule has 3 fully saturated rings. The van der Waals surface area contributed by atoms with Gasteiger partial charge in [0.05, 0.1) is 0 Å². The van der Waals surface area contributed by atoms with E-state index in [1.165, 1.54) is 51.6 Å². The van der Waals surface area contributed by atoms with Crippen molar-refractivity contribution in [3.63, 3.8) is 0 Å². The van der Waals surface area contributed by atoms with Crippen LogP contribution in [0.3, 0.4) is 0 Å². The summed E-state index contributed by atoms with van der Waals surface area (Å²) in [6.45, 7) is 4.04. The Morgan fingerprint density at radius 3 is 2.88 bits per heavy atom. The van der Waals surface area contributed by atoms with Crippen LogP contribution < -0.4 is 5.32 Å². The van der Waals surface area contributed by atoms with Crippen molar-refractivity contribution in [2.24, 2.45) is 5.41 Å². The normalized spacial score (nSPS) is 37.3. The summed E-state index contributed by atoms with van der Waals surface area (Å²) in [6, 6.07) is 1.57. The summed E-state index contributed by atoms with van der Waals surface area (Å²) in [5.41, 5.74) is 0.271. The van der Waals surface area contributed by atoms with E-state index in [0.717, 1.165) is 12.6 Å². The SMILES string of the molecule is OCC1(CNC2CCN3CCCC3C2)CC1. The van der Waals surface area contributed by atoms with Crippen molar-refractivity contribution in [3.05, 3.63) is 0 Å². The van der Waals surface area contributed by atoms with Crippen LogP contribution >= 0.6 is 0 Å². The maximum Gasteiger partial charge on any atom is 0.0499 e. The van der Waals surface area contributed by atoms with Gasteiger partial charge in [0.1, 0.15) is 0 Å². The molecule has 2 atom stereocenters. The smallest absolute Gasteiger partial charge is 0.0499 e. The quantitative estimate of drug-likeness (QED) is 0.747. The molecule has 0 spiro atoms. The van der Waals surface area contributed by atoms with Crippen molar-refractivity contribution in [1.29, 1.82) is 0 Å². The first-order chi connectivity index (χ1) is 7.81. The molecule has 2 N–H and O–H groups in total. The molecule has 3 nitrogen and oxygen atoms in total. The van der Waals surface area contributed by atoms with Crippen LogP contribution in [0.25, 0.3) is 0 Å². The number of nitrogens with zero attached hydrogens (tertiary/aromatic N) is 1. The Hall–Kier alpha value is -0.120. The lowest BCUT2D eigenvalue weighted by molar-refractivity contribution is 0.153. The molecule has 92 valence electrons. The van der Waals surface area contributed by atoms with Crippen LogP contribution in [0.2, 0.25) is 0 Å². The molecule has 2 aliphatic heterocycles. The van der Waals surface area contributed by atoms with E-state index < -0.39 is 0 Å². The second kappa shape index (κ2) is 4.28.